The number of carbonyl (C=O) groups excluding carboxylic acids is 1. The molecule has 0 aliphatic rings. The lowest BCUT2D eigenvalue weighted by molar-refractivity contribution is -0.144. The number of aromatic nitrogens is 3. The zero-order valence-corrected chi connectivity index (χ0v) is 15.8. The van der Waals surface area contributed by atoms with E-state index in [1.165, 1.54) is 12.1 Å². The van der Waals surface area contributed by atoms with E-state index in [9.17, 15) is 35.5 Å². The van der Waals surface area contributed by atoms with Crippen molar-refractivity contribution >= 4 is 23.2 Å². The standard InChI is InChI=1S/C18H10ClF7N4O/c19-14-9(2-1-3-12(14)20)8-30-15(18(24,25)26)11(7-28-30)16(31)29-10-4-5-27-13(6-10)17(21,22)23/h1-7H,8H2,(H,27,29,31). The Morgan fingerprint density at radius 2 is 1.81 bits per heavy atom. The molecule has 31 heavy (non-hydrogen) atoms. The van der Waals surface area contributed by atoms with Crippen molar-refractivity contribution < 1.29 is 35.5 Å². The first-order valence-electron chi connectivity index (χ1n) is 8.28. The van der Waals surface area contributed by atoms with Crippen molar-refractivity contribution in [2.45, 2.75) is 18.9 Å². The third-order valence-electron chi connectivity index (χ3n) is 4.01. The van der Waals surface area contributed by atoms with Gasteiger partial charge in [-0.3, -0.25) is 14.5 Å². The fourth-order valence-corrected chi connectivity index (χ4v) is 2.85. The number of anilines is 1. The van der Waals surface area contributed by atoms with Gasteiger partial charge in [-0.05, 0) is 23.8 Å². The zero-order chi connectivity index (χ0) is 23.0. The highest BCUT2D eigenvalue weighted by atomic mass is 35.5. The van der Waals surface area contributed by atoms with Crippen molar-refractivity contribution in [3.63, 3.8) is 0 Å². The second-order valence-corrected chi connectivity index (χ2v) is 6.53. The molecule has 3 rings (SSSR count). The van der Waals surface area contributed by atoms with Crippen LogP contribution in [0.4, 0.5) is 36.4 Å². The highest BCUT2D eigenvalue weighted by molar-refractivity contribution is 6.31. The second kappa shape index (κ2) is 8.17. The van der Waals surface area contributed by atoms with Crippen LogP contribution in [0.1, 0.15) is 27.3 Å². The highest BCUT2D eigenvalue weighted by Gasteiger charge is 2.40. The van der Waals surface area contributed by atoms with Crippen molar-refractivity contribution in [3.8, 4) is 0 Å². The van der Waals surface area contributed by atoms with Gasteiger partial charge in [-0.2, -0.15) is 31.4 Å². The maximum atomic E-state index is 13.6. The normalized spacial score (nSPS) is 12.1. The minimum absolute atomic E-state index is 0.0221. The Kier molecular flexibility index (Phi) is 5.94. The third-order valence-corrected chi connectivity index (χ3v) is 4.44. The molecule has 1 amide bonds. The van der Waals surface area contributed by atoms with E-state index in [4.69, 9.17) is 11.6 Å². The van der Waals surface area contributed by atoms with Gasteiger partial charge in [-0.25, -0.2) is 4.39 Å². The number of rotatable bonds is 4. The molecule has 2 heterocycles. The minimum atomic E-state index is -5.06. The average Bonchev–Trinajstić information content (AvgIpc) is 3.09. The summed E-state index contributed by atoms with van der Waals surface area (Å²) in [6, 6.07) is 4.99. The number of hydrogen-bond donors (Lipinski definition) is 1. The Bertz CT molecular complexity index is 1120. The molecule has 0 fully saturated rings. The first-order chi connectivity index (χ1) is 14.4. The number of nitrogens with zero attached hydrogens (tertiary/aromatic N) is 3. The van der Waals surface area contributed by atoms with Crippen molar-refractivity contribution in [2.75, 3.05) is 5.32 Å². The lowest BCUT2D eigenvalue weighted by atomic mass is 10.2. The number of pyridine rings is 1. The fraction of sp³-hybridized carbons (Fsp3) is 0.167. The van der Waals surface area contributed by atoms with Gasteiger partial charge in [0.05, 0.1) is 23.3 Å². The van der Waals surface area contributed by atoms with Crippen LogP contribution in [-0.2, 0) is 18.9 Å². The quantitative estimate of drug-likeness (QED) is 0.523. The zero-order valence-electron chi connectivity index (χ0n) is 15.0. The predicted molar refractivity (Wildman–Crippen MR) is 94.9 cm³/mol. The van der Waals surface area contributed by atoms with E-state index < -0.39 is 58.3 Å². The van der Waals surface area contributed by atoms with Crippen LogP contribution in [0.5, 0.6) is 0 Å². The number of carbonyl (C=O) groups is 1. The maximum absolute atomic E-state index is 13.6. The molecule has 164 valence electrons. The number of alkyl halides is 6. The molecule has 0 spiro atoms. The molecule has 0 aliphatic heterocycles. The summed E-state index contributed by atoms with van der Waals surface area (Å²) in [5.41, 5.74) is -4.19. The molecule has 0 unspecified atom stereocenters. The molecule has 0 saturated heterocycles. The van der Waals surface area contributed by atoms with Crippen molar-refractivity contribution in [3.05, 3.63) is 76.1 Å². The molecule has 13 heteroatoms. The number of halogens is 8. The molecule has 1 N–H and O–H groups in total. The number of amides is 1. The van der Waals surface area contributed by atoms with Gasteiger partial charge in [-0.15, -0.1) is 0 Å². The Hall–Kier alpha value is -3.15. The molecule has 0 atom stereocenters. The summed E-state index contributed by atoms with van der Waals surface area (Å²) in [5.74, 6) is -2.20. The summed E-state index contributed by atoms with van der Waals surface area (Å²) in [6.45, 7) is -0.605. The summed E-state index contributed by atoms with van der Waals surface area (Å²) < 4.78 is 93.1. The minimum Gasteiger partial charge on any atom is -0.322 e. The summed E-state index contributed by atoms with van der Waals surface area (Å²) in [4.78, 5) is 15.5. The van der Waals surface area contributed by atoms with E-state index in [1.807, 2.05) is 5.32 Å². The van der Waals surface area contributed by atoms with Crippen LogP contribution >= 0.6 is 11.6 Å². The van der Waals surface area contributed by atoms with Gasteiger partial charge in [0.25, 0.3) is 5.91 Å². The van der Waals surface area contributed by atoms with E-state index >= 15 is 0 Å². The van der Waals surface area contributed by atoms with Gasteiger partial charge < -0.3 is 5.32 Å². The predicted octanol–water partition coefficient (Wildman–Crippen LogP) is 5.41. The van der Waals surface area contributed by atoms with E-state index in [-0.39, 0.29) is 5.56 Å². The molecule has 5 nitrogen and oxygen atoms in total. The Balaban J connectivity index is 1.95. The van der Waals surface area contributed by atoms with E-state index in [0.29, 0.717) is 16.9 Å². The largest absolute Gasteiger partial charge is 0.433 e. The molecule has 3 aromatic rings. The molecule has 0 aliphatic carbocycles. The van der Waals surface area contributed by atoms with Crippen molar-refractivity contribution in [2.24, 2.45) is 0 Å². The van der Waals surface area contributed by atoms with Crippen LogP contribution in [-0.4, -0.2) is 20.7 Å². The summed E-state index contributed by atoms with van der Waals surface area (Å²) in [7, 11) is 0. The number of nitrogens with one attached hydrogen (secondary N) is 1. The number of hydrogen-bond acceptors (Lipinski definition) is 3. The monoisotopic (exact) mass is 466 g/mol. The SMILES string of the molecule is O=C(Nc1ccnc(C(F)(F)F)c1)c1cnn(Cc2cccc(F)c2Cl)c1C(F)(F)F. The first-order valence-corrected chi connectivity index (χ1v) is 8.66. The molecule has 1 aromatic carbocycles. The Labute approximate surface area is 174 Å². The molecular formula is C18H10ClF7N4O. The highest BCUT2D eigenvalue weighted by Crippen LogP contribution is 2.34. The van der Waals surface area contributed by atoms with E-state index in [0.717, 1.165) is 18.3 Å². The Morgan fingerprint density at radius 3 is 2.45 bits per heavy atom. The van der Waals surface area contributed by atoms with Crippen LogP contribution in [0.15, 0.2) is 42.7 Å². The lowest BCUT2D eigenvalue weighted by Gasteiger charge is -2.14. The number of benzene rings is 1. The molecular weight excluding hydrogens is 457 g/mol. The molecule has 0 saturated carbocycles. The molecule has 2 aromatic heterocycles. The van der Waals surface area contributed by atoms with Crippen LogP contribution in [0.2, 0.25) is 5.02 Å². The lowest BCUT2D eigenvalue weighted by Crippen LogP contribution is -2.22. The van der Waals surface area contributed by atoms with Crippen molar-refractivity contribution in [1.82, 2.24) is 14.8 Å². The molecule has 0 radical (unpaired) electrons. The van der Waals surface area contributed by atoms with Gasteiger partial charge in [0.15, 0.2) is 5.69 Å². The summed E-state index contributed by atoms with van der Waals surface area (Å²) in [5, 5.41) is 5.08. The third kappa shape index (κ3) is 4.95. The second-order valence-electron chi connectivity index (χ2n) is 6.16. The maximum Gasteiger partial charge on any atom is 0.433 e. The van der Waals surface area contributed by atoms with Gasteiger partial charge in [0.1, 0.15) is 11.5 Å². The average molecular weight is 467 g/mol. The van der Waals surface area contributed by atoms with Crippen LogP contribution in [0.3, 0.4) is 0 Å². The van der Waals surface area contributed by atoms with Gasteiger partial charge in [0.2, 0.25) is 0 Å². The van der Waals surface area contributed by atoms with Crippen LogP contribution in [0.25, 0.3) is 0 Å². The van der Waals surface area contributed by atoms with Crippen molar-refractivity contribution in [1.29, 1.82) is 0 Å². The van der Waals surface area contributed by atoms with Gasteiger partial charge in [-0.1, -0.05) is 23.7 Å². The topological polar surface area (TPSA) is 59.8 Å². The Morgan fingerprint density at radius 1 is 1.10 bits per heavy atom. The van der Waals surface area contributed by atoms with Crippen LogP contribution in [0, 0.1) is 5.82 Å². The van der Waals surface area contributed by atoms with E-state index in [1.54, 1.807) is 0 Å². The van der Waals surface area contributed by atoms with Crippen LogP contribution < -0.4 is 5.32 Å². The smallest absolute Gasteiger partial charge is 0.322 e. The summed E-state index contributed by atoms with van der Waals surface area (Å²) in [6.07, 6.45) is -8.51. The molecule has 0 bridgehead atoms. The fourth-order valence-electron chi connectivity index (χ4n) is 2.66. The van der Waals surface area contributed by atoms with Gasteiger partial charge >= 0.3 is 12.4 Å². The first kappa shape index (κ1) is 22.5. The summed E-state index contributed by atoms with van der Waals surface area (Å²) >= 11 is 5.76. The van der Waals surface area contributed by atoms with E-state index in [2.05, 4.69) is 10.1 Å². The van der Waals surface area contributed by atoms with Gasteiger partial charge in [0, 0.05) is 11.9 Å².